The second kappa shape index (κ2) is 3.93. The predicted octanol–water partition coefficient (Wildman–Crippen LogP) is 4.41. The van der Waals surface area contributed by atoms with Crippen molar-refractivity contribution in [2.45, 2.75) is 6.92 Å². The zero-order chi connectivity index (χ0) is 11.8. The fourth-order valence-corrected chi connectivity index (χ4v) is 2.72. The molecule has 0 bridgehead atoms. The van der Waals surface area contributed by atoms with Gasteiger partial charge in [-0.3, -0.25) is 0 Å². The van der Waals surface area contributed by atoms with Gasteiger partial charge in [-0.05, 0) is 24.6 Å². The number of halogens is 1. The summed E-state index contributed by atoms with van der Waals surface area (Å²) in [5, 5.41) is 0. The second-order valence-corrected chi connectivity index (χ2v) is 4.82. The Labute approximate surface area is 103 Å². The molecule has 1 nitrogen and oxygen atoms in total. The summed E-state index contributed by atoms with van der Waals surface area (Å²) in [4.78, 5) is 4.35. The molecular weight excluding hydrogens is 233 g/mol. The number of benzene rings is 2. The predicted molar refractivity (Wildman–Crippen MR) is 69.8 cm³/mol. The molecular formula is C14H10FNS. The molecule has 17 heavy (non-hydrogen) atoms. The molecule has 0 aliphatic rings. The Morgan fingerprint density at radius 2 is 1.94 bits per heavy atom. The third kappa shape index (κ3) is 1.63. The van der Waals surface area contributed by atoms with Crippen molar-refractivity contribution in [2.24, 2.45) is 0 Å². The lowest BCUT2D eigenvalue weighted by Crippen LogP contribution is -1.88. The quantitative estimate of drug-likeness (QED) is 0.617. The van der Waals surface area contributed by atoms with Gasteiger partial charge in [0.2, 0.25) is 0 Å². The molecule has 1 aromatic heterocycles. The highest BCUT2D eigenvalue weighted by Gasteiger charge is 2.12. The monoisotopic (exact) mass is 243 g/mol. The molecule has 0 saturated heterocycles. The zero-order valence-electron chi connectivity index (χ0n) is 9.27. The van der Waals surface area contributed by atoms with Crippen molar-refractivity contribution in [2.75, 3.05) is 0 Å². The number of aryl methyl sites for hydroxylation is 1. The Morgan fingerprint density at radius 1 is 1.12 bits per heavy atom. The second-order valence-electron chi connectivity index (χ2n) is 3.94. The van der Waals surface area contributed by atoms with Gasteiger partial charge in [0.1, 0.15) is 5.82 Å². The molecule has 0 unspecified atom stereocenters. The molecule has 0 atom stereocenters. The van der Waals surface area contributed by atoms with Crippen molar-refractivity contribution in [1.82, 2.24) is 4.98 Å². The van der Waals surface area contributed by atoms with Crippen LogP contribution in [0.4, 0.5) is 4.39 Å². The molecule has 0 radical (unpaired) electrons. The lowest BCUT2D eigenvalue weighted by molar-refractivity contribution is 0.631. The Hall–Kier alpha value is -1.74. The number of fused-ring (bicyclic) bond motifs is 1. The molecule has 1 heterocycles. The SMILES string of the molecule is Cc1ccc2scnc2c1-c1ccccc1F. The number of nitrogens with zero attached hydrogens (tertiary/aromatic N) is 1. The highest BCUT2D eigenvalue weighted by molar-refractivity contribution is 7.16. The van der Waals surface area contributed by atoms with Crippen LogP contribution in [0.15, 0.2) is 41.9 Å². The van der Waals surface area contributed by atoms with E-state index in [-0.39, 0.29) is 5.82 Å². The smallest absolute Gasteiger partial charge is 0.131 e. The normalized spacial score (nSPS) is 10.9. The van der Waals surface area contributed by atoms with Crippen LogP contribution < -0.4 is 0 Å². The third-order valence-electron chi connectivity index (χ3n) is 2.85. The number of hydrogen-bond acceptors (Lipinski definition) is 2. The maximum absolute atomic E-state index is 13.9. The van der Waals surface area contributed by atoms with Crippen molar-refractivity contribution in [3.63, 3.8) is 0 Å². The van der Waals surface area contributed by atoms with Crippen LogP contribution in [0, 0.1) is 12.7 Å². The summed E-state index contributed by atoms with van der Waals surface area (Å²) < 4.78 is 15.0. The standard InChI is InChI=1S/C14H10FNS/c1-9-6-7-12-14(16-8-17-12)13(9)10-4-2-3-5-11(10)15/h2-8H,1H3. The molecule has 0 amide bonds. The van der Waals surface area contributed by atoms with E-state index in [1.54, 1.807) is 29.0 Å². The lowest BCUT2D eigenvalue weighted by Gasteiger charge is -2.08. The Balaban J connectivity index is 2.40. The van der Waals surface area contributed by atoms with E-state index in [1.807, 2.05) is 25.1 Å². The third-order valence-corrected chi connectivity index (χ3v) is 3.65. The minimum atomic E-state index is -0.198. The van der Waals surface area contributed by atoms with Crippen molar-refractivity contribution in [3.8, 4) is 11.1 Å². The van der Waals surface area contributed by atoms with Crippen LogP contribution in [-0.2, 0) is 0 Å². The van der Waals surface area contributed by atoms with Crippen LogP contribution in [0.25, 0.3) is 21.3 Å². The fraction of sp³-hybridized carbons (Fsp3) is 0.0714. The van der Waals surface area contributed by atoms with Gasteiger partial charge in [-0.25, -0.2) is 9.37 Å². The van der Waals surface area contributed by atoms with E-state index in [1.165, 1.54) is 6.07 Å². The Bertz CT molecular complexity index is 688. The van der Waals surface area contributed by atoms with E-state index in [0.29, 0.717) is 5.56 Å². The van der Waals surface area contributed by atoms with E-state index < -0.39 is 0 Å². The van der Waals surface area contributed by atoms with Crippen LogP contribution in [0.1, 0.15) is 5.56 Å². The largest absolute Gasteiger partial charge is 0.244 e. The number of aromatic nitrogens is 1. The number of rotatable bonds is 1. The molecule has 0 aliphatic carbocycles. The van der Waals surface area contributed by atoms with Gasteiger partial charge in [0, 0.05) is 11.1 Å². The van der Waals surface area contributed by atoms with E-state index >= 15 is 0 Å². The first-order chi connectivity index (χ1) is 8.27. The summed E-state index contributed by atoms with van der Waals surface area (Å²) in [7, 11) is 0. The van der Waals surface area contributed by atoms with Crippen molar-refractivity contribution in [1.29, 1.82) is 0 Å². The van der Waals surface area contributed by atoms with Crippen LogP contribution in [0.2, 0.25) is 0 Å². The van der Waals surface area contributed by atoms with E-state index in [0.717, 1.165) is 21.3 Å². The summed E-state index contributed by atoms with van der Waals surface area (Å²) >= 11 is 1.58. The van der Waals surface area contributed by atoms with Crippen molar-refractivity contribution in [3.05, 3.63) is 53.3 Å². The van der Waals surface area contributed by atoms with Gasteiger partial charge in [0.05, 0.1) is 15.7 Å². The maximum atomic E-state index is 13.9. The molecule has 3 aromatic rings. The molecule has 3 rings (SSSR count). The first-order valence-corrected chi connectivity index (χ1v) is 6.23. The first kappa shape index (κ1) is 10.4. The van der Waals surface area contributed by atoms with E-state index in [2.05, 4.69) is 4.98 Å². The maximum Gasteiger partial charge on any atom is 0.131 e. The average molecular weight is 243 g/mol. The van der Waals surface area contributed by atoms with Gasteiger partial charge >= 0.3 is 0 Å². The minimum Gasteiger partial charge on any atom is -0.244 e. The minimum absolute atomic E-state index is 0.198. The summed E-state index contributed by atoms with van der Waals surface area (Å²) in [5.74, 6) is -0.198. The number of hydrogen-bond donors (Lipinski definition) is 0. The summed E-state index contributed by atoms with van der Waals surface area (Å²) in [6.45, 7) is 1.99. The lowest BCUT2D eigenvalue weighted by atomic mass is 9.99. The summed E-state index contributed by atoms with van der Waals surface area (Å²) in [5.41, 5.74) is 5.27. The van der Waals surface area contributed by atoms with Gasteiger partial charge in [0.15, 0.2) is 0 Å². The molecule has 0 N–H and O–H groups in total. The molecule has 0 aliphatic heterocycles. The number of thiazole rings is 1. The van der Waals surface area contributed by atoms with Crippen molar-refractivity contribution >= 4 is 21.6 Å². The fourth-order valence-electron chi connectivity index (χ4n) is 2.04. The Morgan fingerprint density at radius 3 is 2.76 bits per heavy atom. The molecule has 0 saturated carbocycles. The van der Waals surface area contributed by atoms with Gasteiger partial charge in [-0.2, -0.15) is 0 Å². The Kier molecular flexibility index (Phi) is 2.41. The average Bonchev–Trinajstić information content (AvgIpc) is 2.79. The van der Waals surface area contributed by atoms with E-state index in [4.69, 9.17) is 0 Å². The van der Waals surface area contributed by atoms with Gasteiger partial charge in [-0.1, -0.05) is 24.3 Å². The van der Waals surface area contributed by atoms with Crippen LogP contribution in [-0.4, -0.2) is 4.98 Å². The topological polar surface area (TPSA) is 12.9 Å². The highest BCUT2D eigenvalue weighted by Crippen LogP contribution is 2.33. The van der Waals surface area contributed by atoms with Gasteiger partial charge < -0.3 is 0 Å². The van der Waals surface area contributed by atoms with Crippen LogP contribution in [0.3, 0.4) is 0 Å². The molecule has 3 heteroatoms. The summed E-state index contributed by atoms with van der Waals surface area (Å²) in [6.07, 6.45) is 0. The molecule has 0 fully saturated rings. The van der Waals surface area contributed by atoms with Crippen LogP contribution in [0.5, 0.6) is 0 Å². The highest BCUT2D eigenvalue weighted by atomic mass is 32.1. The van der Waals surface area contributed by atoms with E-state index in [9.17, 15) is 4.39 Å². The van der Waals surface area contributed by atoms with Gasteiger partial charge in [0.25, 0.3) is 0 Å². The first-order valence-electron chi connectivity index (χ1n) is 5.35. The molecule has 0 spiro atoms. The van der Waals surface area contributed by atoms with Gasteiger partial charge in [-0.15, -0.1) is 11.3 Å². The van der Waals surface area contributed by atoms with Crippen molar-refractivity contribution < 1.29 is 4.39 Å². The van der Waals surface area contributed by atoms with Crippen LogP contribution >= 0.6 is 11.3 Å². The summed E-state index contributed by atoms with van der Waals surface area (Å²) in [6, 6.07) is 10.9. The zero-order valence-corrected chi connectivity index (χ0v) is 10.1. The molecule has 2 aromatic carbocycles. The molecule has 84 valence electrons.